The van der Waals surface area contributed by atoms with Gasteiger partial charge in [0.2, 0.25) is 0 Å². The van der Waals surface area contributed by atoms with Gasteiger partial charge in [0.25, 0.3) is 0 Å². The maximum absolute atomic E-state index is 11.8. The molecule has 21 heavy (non-hydrogen) atoms. The lowest BCUT2D eigenvalue weighted by atomic mass is 10.1. The average Bonchev–Trinajstić information content (AvgIpc) is 3.05. The predicted molar refractivity (Wildman–Crippen MR) is 80.9 cm³/mol. The van der Waals surface area contributed by atoms with Gasteiger partial charge in [0, 0.05) is 11.6 Å². The van der Waals surface area contributed by atoms with Crippen LogP contribution in [0.3, 0.4) is 0 Å². The summed E-state index contributed by atoms with van der Waals surface area (Å²) in [5, 5.41) is 15.2. The molecule has 1 amide bonds. The van der Waals surface area contributed by atoms with Crippen molar-refractivity contribution in [2.45, 2.75) is 32.1 Å². The third-order valence-electron chi connectivity index (χ3n) is 3.04. The van der Waals surface area contributed by atoms with Gasteiger partial charge in [-0.3, -0.25) is 0 Å². The molecule has 1 heterocycles. The van der Waals surface area contributed by atoms with Crippen LogP contribution >= 0.6 is 11.3 Å². The smallest absolute Gasteiger partial charge is 0.407 e. The van der Waals surface area contributed by atoms with Gasteiger partial charge in [-0.25, -0.2) is 9.78 Å². The summed E-state index contributed by atoms with van der Waals surface area (Å²) in [5.41, 5.74) is 0.918. The number of thiazole rings is 1. The molecule has 0 bridgehead atoms. The molecule has 0 aliphatic carbocycles. The Kier molecular flexibility index (Phi) is 5.71. The van der Waals surface area contributed by atoms with E-state index in [1.807, 2.05) is 37.3 Å². The summed E-state index contributed by atoms with van der Waals surface area (Å²) < 4.78 is 5.15. The van der Waals surface area contributed by atoms with E-state index in [9.17, 15) is 9.90 Å². The Labute approximate surface area is 127 Å². The second-order valence-corrected chi connectivity index (χ2v) is 5.46. The number of nitrogens with zero attached hydrogens (tertiary/aromatic N) is 1. The SMILES string of the molecule is CC[C@H](NC(=O)OCc1ccccc1)[C@@H](O)c1nccs1. The average molecular weight is 306 g/mol. The molecule has 112 valence electrons. The molecule has 2 rings (SSSR count). The maximum Gasteiger partial charge on any atom is 0.407 e. The van der Waals surface area contributed by atoms with Gasteiger partial charge in [0.15, 0.2) is 0 Å². The van der Waals surface area contributed by atoms with E-state index in [1.54, 1.807) is 11.6 Å². The molecule has 0 unspecified atom stereocenters. The molecule has 2 aromatic rings. The number of rotatable bonds is 6. The largest absolute Gasteiger partial charge is 0.445 e. The fraction of sp³-hybridized carbons (Fsp3) is 0.333. The number of alkyl carbamates (subject to hydrolysis) is 1. The second-order valence-electron chi connectivity index (χ2n) is 4.54. The lowest BCUT2D eigenvalue weighted by Crippen LogP contribution is -2.39. The highest BCUT2D eigenvalue weighted by Crippen LogP contribution is 2.20. The molecule has 6 heteroatoms. The number of benzene rings is 1. The molecule has 0 spiro atoms. The minimum Gasteiger partial charge on any atom is -0.445 e. The molecular formula is C15H18N2O3S. The first kappa shape index (κ1) is 15.5. The number of nitrogens with one attached hydrogen (secondary N) is 1. The number of amides is 1. The highest BCUT2D eigenvalue weighted by Gasteiger charge is 2.23. The molecule has 1 aromatic heterocycles. The van der Waals surface area contributed by atoms with Gasteiger partial charge in [0.1, 0.15) is 17.7 Å². The van der Waals surface area contributed by atoms with E-state index in [0.717, 1.165) is 5.56 Å². The first-order valence-corrected chi connectivity index (χ1v) is 7.63. The molecule has 0 radical (unpaired) electrons. The fourth-order valence-electron chi connectivity index (χ4n) is 1.87. The lowest BCUT2D eigenvalue weighted by Gasteiger charge is -2.21. The van der Waals surface area contributed by atoms with Crippen molar-refractivity contribution in [1.82, 2.24) is 10.3 Å². The Balaban J connectivity index is 1.85. The van der Waals surface area contributed by atoms with Gasteiger partial charge in [-0.15, -0.1) is 11.3 Å². The minimum absolute atomic E-state index is 0.205. The van der Waals surface area contributed by atoms with Crippen LogP contribution in [0, 0.1) is 0 Å². The van der Waals surface area contributed by atoms with Crippen LogP contribution in [0.1, 0.15) is 30.0 Å². The quantitative estimate of drug-likeness (QED) is 0.861. The summed E-state index contributed by atoms with van der Waals surface area (Å²) in [6.45, 7) is 2.09. The zero-order valence-electron chi connectivity index (χ0n) is 11.7. The third kappa shape index (κ3) is 4.54. The van der Waals surface area contributed by atoms with Crippen LogP contribution in [0.5, 0.6) is 0 Å². The number of aliphatic hydroxyl groups is 1. The van der Waals surface area contributed by atoms with Crippen LogP contribution in [0.4, 0.5) is 4.79 Å². The van der Waals surface area contributed by atoms with E-state index in [4.69, 9.17) is 4.74 Å². The molecule has 0 aliphatic heterocycles. The molecule has 0 saturated carbocycles. The van der Waals surface area contributed by atoms with Crippen molar-refractivity contribution >= 4 is 17.4 Å². The molecule has 1 aromatic carbocycles. The van der Waals surface area contributed by atoms with Crippen molar-refractivity contribution in [2.24, 2.45) is 0 Å². The number of hydrogen-bond donors (Lipinski definition) is 2. The number of aliphatic hydroxyl groups excluding tert-OH is 1. The third-order valence-corrected chi connectivity index (χ3v) is 3.89. The number of ether oxygens (including phenoxy) is 1. The molecule has 0 fully saturated rings. The van der Waals surface area contributed by atoms with Crippen molar-refractivity contribution in [2.75, 3.05) is 0 Å². The van der Waals surface area contributed by atoms with Gasteiger partial charge in [-0.2, -0.15) is 0 Å². The van der Waals surface area contributed by atoms with Crippen molar-refractivity contribution in [3.8, 4) is 0 Å². The summed E-state index contributed by atoms with van der Waals surface area (Å²) in [7, 11) is 0. The van der Waals surface area contributed by atoms with Gasteiger partial charge >= 0.3 is 6.09 Å². The number of carbonyl (C=O) groups excluding carboxylic acids is 1. The number of carbonyl (C=O) groups is 1. The zero-order chi connectivity index (χ0) is 15.1. The predicted octanol–water partition coefficient (Wildman–Crippen LogP) is 2.88. The minimum atomic E-state index is -0.820. The van der Waals surface area contributed by atoms with Crippen molar-refractivity contribution in [3.63, 3.8) is 0 Å². The second kappa shape index (κ2) is 7.75. The highest BCUT2D eigenvalue weighted by molar-refractivity contribution is 7.09. The summed E-state index contributed by atoms with van der Waals surface area (Å²) in [6, 6.07) is 9.03. The van der Waals surface area contributed by atoms with E-state index in [-0.39, 0.29) is 6.61 Å². The zero-order valence-corrected chi connectivity index (χ0v) is 12.5. The van der Waals surface area contributed by atoms with Crippen LogP contribution in [0.2, 0.25) is 0 Å². The standard InChI is InChI=1S/C15H18N2O3S/c1-2-12(13(18)14-16-8-9-21-14)17-15(19)20-10-11-6-4-3-5-7-11/h3-9,12-13,18H,2,10H2,1H3,(H,17,19)/t12-,13+/m0/s1. The number of hydrogen-bond acceptors (Lipinski definition) is 5. The number of aromatic nitrogens is 1. The Morgan fingerprint density at radius 2 is 2.19 bits per heavy atom. The van der Waals surface area contributed by atoms with Crippen LogP contribution in [-0.2, 0) is 11.3 Å². The van der Waals surface area contributed by atoms with Crippen LogP contribution in [-0.4, -0.2) is 22.2 Å². The van der Waals surface area contributed by atoms with Crippen molar-refractivity contribution in [1.29, 1.82) is 0 Å². The summed E-state index contributed by atoms with van der Waals surface area (Å²) in [5.74, 6) is 0. The Bertz CT molecular complexity index is 545. The first-order chi connectivity index (χ1) is 10.2. The monoisotopic (exact) mass is 306 g/mol. The molecule has 0 saturated heterocycles. The van der Waals surface area contributed by atoms with Gasteiger partial charge in [0.05, 0.1) is 6.04 Å². The highest BCUT2D eigenvalue weighted by atomic mass is 32.1. The van der Waals surface area contributed by atoms with Crippen molar-refractivity contribution in [3.05, 3.63) is 52.5 Å². The van der Waals surface area contributed by atoms with Crippen LogP contribution in [0.25, 0.3) is 0 Å². The molecule has 2 N–H and O–H groups in total. The summed E-state index contributed by atoms with van der Waals surface area (Å²) >= 11 is 1.36. The Morgan fingerprint density at radius 1 is 1.43 bits per heavy atom. The van der Waals surface area contributed by atoms with Crippen molar-refractivity contribution < 1.29 is 14.6 Å². The van der Waals surface area contributed by atoms with Gasteiger partial charge in [-0.1, -0.05) is 37.3 Å². The lowest BCUT2D eigenvalue weighted by molar-refractivity contribution is 0.100. The van der Waals surface area contributed by atoms with E-state index >= 15 is 0 Å². The van der Waals surface area contributed by atoms with E-state index in [2.05, 4.69) is 10.3 Å². The van der Waals surface area contributed by atoms with E-state index in [0.29, 0.717) is 11.4 Å². The molecular weight excluding hydrogens is 288 g/mol. The summed E-state index contributed by atoms with van der Waals surface area (Å²) in [6.07, 6.45) is 0.853. The maximum atomic E-state index is 11.8. The van der Waals surface area contributed by atoms with Crippen LogP contribution < -0.4 is 5.32 Å². The summed E-state index contributed by atoms with van der Waals surface area (Å²) in [4.78, 5) is 15.9. The Morgan fingerprint density at radius 3 is 2.81 bits per heavy atom. The van der Waals surface area contributed by atoms with E-state index < -0.39 is 18.2 Å². The normalized spacial score (nSPS) is 13.4. The van der Waals surface area contributed by atoms with Crippen LogP contribution in [0.15, 0.2) is 41.9 Å². The molecule has 5 nitrogen and oxygen atoms in total. The van der Waals surface area contributed by atoms with Gasteiger partial charge < -0.3 is 15.2 Å². The molecule has 0 aliphatic rings. The molecule has 2 atom stereocenters. The Hall–Kier alpha value is -1.92. The topological polar surface area (TPSA) is 71.5 Å². The van der Waals surface area contributed by atoms with E-state index in [1.165, 1.54) is 11.3 Å². The first-order valence-electron chi connectivity index (χ1n) is 6.75. The van der Waals surface area contributed by atoms with Gasteiger partial charge in [-0.05, 0) is 12.0 Å². The fourth-order valence-corrected chi connectivity index (χ4v) is 2.56.